The lowest BCUT2D eigenvalue weighted by molar-refractivity contribution is -0.139. The molecule has 0 unspecified atom stereocenters. The SMILES string of the molecule is COc1ccc(S(=O)(=O)N(CC(=O)N(Cc2cccc(Cl)c2)[C@H](C)C(=O)NC2CCCCC2)c2ccc(Cl)cc2)cc1OC. The highest BCUT2D eigenvalue weighted by atomic mass is 35.5. The number of benzene rings is 3. The number of nitrogens with one attached hydrogen (secondary N) is 1. The molecule has 1 aliphatic carbocycles. The number of methoxy groups -OCH3 is 2. The van der Waals surface area contributed by atoms with E-state index < -0.39 is 28.5 Å². The maximum Gasteiger partial charge on any atom is 0.264 e. The van der Waals surface area contributed by atoms with Gasteiger partial charge in [0.25, 0.3) is 10.0 Å². The van der Waals surface area contributed by atoms with Gasteiger partial charge in [-0.15, -0.1) is 0 Å². The molecule has 3 aromatic carbocycles. The van der Waals surface area contributed by atoms with Crippen molar-refractivity contribution < 1.29 is 27.5 Å². The zero-order chi connectivity index (χ0) is 31.9. The Bertz CT molecular complexity index is 1560. The fourth-order valence-corrected chi connectivity index (χ4v) is 6.99. The van der Waals surface area contributed by atoms with E-state index in [2.05, 4.69) is 5.32 Å². The smallest absolute Gasteiger partial charge is 0.264 e. The number of carbonyl (C=O) groups excluding carboxylic acids is 2. The van der Waals surface area contributed by atoms with Crippen LogP contribution in [0.1, 0.15) is 44.6 Å². The van der Waals surface area contributed by atoms with E-state index in [9.17, 15) is 18.0 Å². The van der Waals surface area contributed by atoms with Gasteiger partial charge in [0.15, 0.2) is 11.5 Å². The molecule has 3 aromatic rings. The molecule has 236 valence electrons. The van der Waals surface area contributed by atoms with E-state index in [1.165, 1.54) is 49.5 Å². The summed E-state index contributed by atoms with van der Waals surface area (Å²) in [4.78, 5) is 28.9. The summed E-state index contributed by atoms with van der Waals surface area (Å²) in [7, 11) is -1.46. The van der Waals surface area contributed by atoms with Crippen LogP contribution in [-0.2, 0) is 26.2 Å². The van der Waals surface area contributed by atoms with Gasteiger partial charge in [0, 0.05) is 28.7 Å². The Morgan fingerprint density at radius 1 is 0.909 bits per heavy atom. The van der Waals surface area contributed by atoms with E-state index in [4.69, 9.17) is 32.7 Å². The Morgan fingerprint density at radius 2 is 1.59 bits per heavy atom. The molecule has 0 spiro atoms. The molecule has 0 aromatic heterocycles. The summed E-state index contributed by atoms with van der Waals surface area (Å²) in [6, 6.07) is 16.5. The molecule has 0 aliphatic heterocycles. The molecule has 44 heavy (non-hydrogen) atoms. The average Bonchev–Trinajstić information content (AvgIpc) is 3.02. The Kier molecular flexibility index (Phi) is 11.4. The highest BCUT2D eigenvalue weighted by Crippen LogP contribution is 2.33. The predicted octanol–water partition coefficient (Wildman–Crippen LogP) is 6.07. The summed E-state index contributed by atoms with van der Waals surface area (Å²) in [5.74, 6) is -0.305. The summed E-state index contributed by atoms with van der Waals surface area (Å²) >= 11 is 12.3. The minimum Gasteiger partial charge on any atom is -0.493 e. The molecule has 9 nitrogen and oxygen atoms in total. The topological polar surface area (TPSA) is 105 Å². The molecule has 0 heterocycles. The summed E-state index contributed by atoms with van der Waals surface area (Å²) in [5, 5.41) is 3.97. The molecule has 1 fully saturated rings. The third kappa shape index (κ3) is 8.16. The van der Waals surface area contributed by atoms with Crippen molar-refractivity contribution in [3.05, 3.63) is 82.3 Å². The summed E-state index contributed by atoms with van der Waals surface area (Å²) in [5.41, 5.74) is 0.920. The van der Waals surface area contributed by atoms with Crippen LogP contribution in [0.25, 0.3) is 0 Å². The van der Waals surface area contributed by atoms with Gasteiger partial charge in [0.1, 0.15) is 12.6 Å². The number of rotatable bonds is 12. The van der Waals surface area contributed by atoms with Crippen LogP contribution >= 0.6 is 23.2 Å². The van der Waals surface area contributed by atoms with Gasteiger partial charge in [-0.2, -0.15) is 0 Å². The van der Waals surface area contributed by atoms with Crippen molar-refractivity contribution in [3.63, 3.8) is 0 Å². The lowest BCUT2D eigenvalue weighted by atomic mass is 9.95. The highest BCUT2D eigenvalue weighted by molar-refractivity contribution is 7.92. The fourth-order valence-electron chi connectivity index (χ4n) is 5.22. The molecule has 1 N–H and O–H groups in total. The van der Waals surface area contributed by atoms with E-state index in [0.717, 1.165) is 36.4 Å². The number of ether oxygens (including phenoxy) is 2. The minimum atomic E-state index is -4.32. The molecule has 0 saturated heterocycles. The number of halogens is 2. The minimum absolute atomic E-state index is 0.0396. The van der Waals surface area contributed by atoms with Crippen LogP contribution in [-0.4, -0.2) is 58.0 Å². The normalized spacial score (nSPS) is 14.4. The highest BCUT2D eigenvalue weighted by Gasteiger charge is 2.33. The van der Waals surface area contributed by atoms with Crippen LogP contribution in [0.4, 0.5) is 5.69 Å². The van der Waals surface area contributed by atoms with Crippen LogP contribution < -0.4 is 19.1 Å². The second kappa shape index (κ2) is 15.0. The van der Waals surface area contributed by atoms with Crippen molar-refractivity contribution in [1.29, 1.82) is 0 Å². The van der Waals surface area contributed by atoms with E-state index in [-0.39, 0.29) is 34.8 Å². The van der Waals surface area contributed by atoms with Crippen molar-refractivity contribution in [2.24, 2.45) is 0 Å². The first-order chi connectivity index (χ1) is 21.0. The zero-order valence-corrected chi connectivity index (χ0v) is 27.3. The number of nitrogens with zero attached hydrogens (tertiary/aromatic N) is 2. The lowest BCUT2D eigenvalue weighted by Gasteiger charge is -2.33. The van der Waals surface area contributed by atoms with Crippen molar-refractivity contribution in [1.82, 2.24) is 10.2 Å². The maximum atomic E-state index is 14.2. The van der Waals surface area contributed by atoms with Gasteiger partial charge in [-0.3, -0.25) is 13.9 Å². The number of amides is 2. The molecule has 1 saturated carbocycles. The standard InChI is InChI=1S/C32H37Cl2N3O6S/c1-22(32(39)35-26-10-5-4-6-11-26)36(20-23-8-7-9-25(34)18-23)31(38)21-37(27-14-12-24(33)13-15-27)44(40,41)28-16-17-29(42-2)30(19-28)43-3/h7-9,12-19,22,26H,4-6,10-11,20-21H2,1-3H3,(H,35,39)/t22-/m1/s1. The average molecular weight is 663 g/mol. The second-order valence-electron chi connectivity index (χ2n) is 10.7. The lowest BCUT2D eigenvalue weighted by Crippen LogP contribution is -2.53. The number of sulfonamides is 1. The molecule has 1 aliphatic rings. The zero-order valence-electron chi connectivity index (χ0n) is 25.0. The van der Waals surface area contributed by atoms with Crippen molar-refractivity contribution in [3.8, 4) is 11.5 Å². The third-order valence-corrected chi connectivity index (χ3v) is 9.95. The monoisotopic (exact) mass is 661 g/mol. The van der Waals surface area contributed by atoms with Crippen LogP contribution in [0.5, 0.6) is 11.5 Å². The first kappa shape index (κ1) is 33.4. The van der Waals surface area contributed by atoms with Crippen molar-refractivity contribution >= 4 is 50.7 Å². The Balaban J connectivity index is 1.70. The first-order valence-corrected chi connectivity index (χ1v) is 16.6. The number of hydrogen-bond donors (Lipinski definition) is 1. The fraction of sp³-hybridized carbons (Fsp3) is 0.375. The Labute approximate surface area is 269 Å². The molecule has 4 rings (SSSR count). The molecule has 12 heteroatoms. The summed E-state index contributed by atoms with van der Waals surface area (Å²) in [6.07, 6.45) is 4.97. The number of carbonyl (C=O) groups is 2. The second-order valence-corrected chi connectivity index (χ2v) is 13.4. The van der Waals surface area contributed by atoms with Crippen molar-refractivity contribution in [2.45, 2.75) is 62.6 Å². The van der Waals surface area contributed by atoms with Gasteiger partial charge in [-0.25, -0.2) is 8.42 Å². The van der Waals surface area contributed by atoms with Gasteiger partial charge >= 0.3 is 0 Å². The molecule has 2 amide bonds. The third-order valence-electron chi connectivity index (χ3n) is 7.70. The number of anilines is 1. The van der Waals surface area contributed by atoms with Gasteiger partial charge in [0.2, 0.25) is 11.8 Å². The predicted molar refractivity (Wildman–Crippen MR) is 172 cm³/mol. The largest absolute Gasteiger partial charge is 0.493 e. The van der Waals surface area contributed by atoms with E-state index in [1.807, 2.05) is 0 Å². The van der Waals surface area contributed by atoms with Crippen LogP contribution in [0.3, 0.4) is 0 Å². The Hall–Kier alpha value is -3.47. The van der Waals surface area contributed by atoms with E-state index in [0.29, 0.717) is 21.4 Å². The van der Waals surface area contributed by atoms with Gasteiger partial charge in [-0.1, -0.05) is 54.6 Å². The summed E-state index contributed by atoms with van der Waals surface area (Å²) in [6.45, 7) is 1.11. The van der Waals surface area contributed by atoms with Gasteiger partial charge < -0.3 is 19.7 Å². The van der Waals surface area contributed by atoms with Gasteiger partial charge in [0.05, 0.1) is 24.8 Å². The van der Waals surface area contributed by atoms with E-state index >= 15 is 0 Å². The molecular weight excluding hydrogens is 625 g/mol. The molecular formula is C32H37Cl2N3O6S. The number of hydrogen-bond acceptors (Lipinski definition) is 6. The van der Waals surface area contributed by atoms with Crippen LogP contribution in [0.2, 0.25) is 10.0 Å². The van der Waals surface area contributed by atoms with Gasteiger partial charge in [-0.05, 0) is 73.9 Å². The Morgan fingerprint density at radius 3 is 2.23 bits per heavy atom. The van der Waals surface area contributed by atoms with Crippen LogP contribution in [0.15, 0.2) is 71.6 Å². The first-order valence-electron chi connectivity index (χ1n) is 14.4. The maximum absolute atomic E-state index is 14.2. The molecule has 0 radical (unpaired) electrons. The summed E-state index contributed by atoms with van der Waals surface area (Å²) < 4.78 is 39.9. The van der Waals surface area contributed by atoms with Crippen molar-refractivity contribution in [2.75, 3.05) is 25.1 Å². The van der Waals surface area contributed by atoms with E-state index in [1.54, 1.807) is 43.3 Å². The van der Waals surface area contributed by atoms with Crippen LogP contribution in [0, 0.1) is 0 Å². The quantitative estimate of drug-likeness (QED) is 0.253. The molecule has 1 atom stereocenters. The molecule has 0 bridgehead atoms.